The summed E-state index contributed by atoms with van der Waals surface area (Å²) >= 11 is 0. The molecule has 0 saturated heterocycles. The highest BCUT2D eigenvalue weighted by molar-refractivity contribution is 5.39. The normalized spacial score (nSPS) is 13.4. The van der Waals surface area contributed by atoms with Crippen LogP contribution in [0.15, 0.2) is 24.3 Å². The first kappa shape index (κ1) is 15.3. The van der Waals surface area contributed by atoms with Gasteiger partial charge >= 0.3 is 0 Å². The Morgan fingerprint density at radius 3 is 2.53 bits per heavy atom. The fourth-order valence-electron chi connectivity index (χ4n) is 1.74. The minimum Gasteiger partial charge on any atom is -0.493 e. The van der Waals surface area contributed by atoms with Gasteiger partial charge < -0.3 is 14.8 Å². The van der Waals surface area contributed by atoms with E-state index in [2.05, 4.69) is 11.4 Å². The molecule has 1 aromatic carbocycles. The highest BCUT2D eigenvalue weighted by Gasteiger charge is 2.19. The Hall–Kier alpha value is -1.73. The average molecular weight is 262 g/mol. The van der Waals surface area contributed by atoms with Crippen LogP contribution in [0, 0.1) is 11.3 Å². The second-order valence-electron chi connectivity index (χ2n) is 4.65. The number of rotatable bonds is 8. The van der Waals surface area contributed by atoms with Crippen molar-refractivity contribution in [1.29, 1.82) is 5.26 Å². The van der Waals surface area contributed by atoms with Crippen molar-refractivity contribution in [3.05, 3.63) is 24.3 Å². The van der Waals surface area contributed by atoms with Gasteiger partial charge in [-0.3, -0.25) is 0 Å². The number of nitrogens with zero attached hydrogens (tertiary/aromatic N) is 1. The smallest absolute Gasteiger partial charge is 0.161 e. The zero-order valence-corrected chi connectivity index (χ0v) is 11.9. The molecule has 1 rings (SSSR count). The number of unbranched alkanes of at least 4 members (excludes halogenated alkanes) is 1. The Balaban J connectivity index is 2.30. The summed E-state index contributed by atoms with van der Waals surface area (Å²) in [5.74, 6) is 1.52. The summed E-state index contributed by atoms with van der Waals surface area (Å²) in [6, 6.07) is 9.89. The Bertz CT molecular complexity index is 428. The lowest BCUT2D eigenvalue weighted by molar-refractivity contribution is 0.280. The van der Waals surface area contributed by atoms with E-state index < -0.39 is 5.54 Å². The number of methoxy groups -OCH3 is 1. The Kier molecular flexibility index (Phi) is 6.17. The molecular formula is C15H22N2O2. The first-order valence-electron chi connectivity index (χ1n) is 6.51. The van der Waals surface area contributed by atoms with Gasteiger partial charge in [0.25, 0.3) is 0 Å². The van der Waals surface area contributed by atoms with Crippen LogP contribution in [0.1, 0.15) is 26.2 Å². The predicted octanol–water partition coefficient (Wildman–Crippen LogP) is 2.75. The van der Waals surface area contributed by atoms with E-state index in [0.29, 0.717) is 6.61 Å². The van der Waals surface area contributed by atoms with Crippen LogP contribution in [0.2, 0.25) is 0 Å². The molecule has 1 aromatic rings. The topological polar surface area (TPSA) is 54.3 Å². The van der Waals surface area contributed by atoms with E-state index in [4.69, 9.17) is 14.7 Å². The number of benzene rings is 1. The van der Waals surface area contributed by atoms with Gasteiger partial charge in [-0.15, -0.1) is 0 Å². The maximum absolute atomic E-state index is 9.03. The van der Waals surface area contributed by atoms with Gasteiger partial charge in [0.05, 0.1) is 19.8 Å². The van der Waals surface area contributed by atoms with Crippen LogP contribution in [0.25, 0.3) is 0 Å². The first-order chi connectivity index (χ1) is 9.15. The van der Waals surface area contributed by atoms with E-state index >= 15 is 0 Å². The van der Waals surface area contributed by atoms with E-state index in [0.717, 1.165) is 30.8 Å². The van der Waals surface area contributed by atoms with Gasteiger partial charge in [0, 0.05) is 0 Å². The Labute approximate surface area is 115 Å². The molecule has 104 valence electrons. The summed E-state index contributed by atoms with van der Waals surface area (Å²) in [4.78, 5) is 0. The van der Waals surface area contributed by atoms with E-state index in [9.17, 15) is 0 Å². The SMILES string of the molecule is CNC(C)(C#N)CCCCOc1ccccc1OC. The molecule has 1 atom stereocenters. The maximum Gasteiger partial charge on any atom is 0.161 e. The Morgan fingerprint density at radius 2 is 1.95 bits per heavy atom. The molecule has 0 spiro atoms. The van der Waals surface area contributed by atoms with E-state index in [1.54, 1.807) is 7.11 Å². The van der Waals surface area contributed by atoms with E-state index in [1.165, 1.54) is 0 Å². The van der Waals surface area contributed by atoms with E-state index in [1.807, 2.05) is 38.2 Å². The van der Waals surface area contributed by atoms with Crippen LogP contribution in [0.4, 0.5) is 0 Å². The number of ether oxygens (including phenoxy) is 2. The van der Waals surface area contributed by atoms with Gasteiger partial charge in [-0.1, -0.05) is 12.1 Å². The van der Waals surface area contributed by atoms with Gasteiger partial charge in [0.1, 0.15) is 5.54 Å². The van der Waals surface area contributed by atoms with Crippen LogP contribution >= 0.6 is 0 Å². The molecule has 0 aliphatic rings. The van der Waals surface area contributed by atoms with Gasteiger partial charge in [-0.2, -0.15) is 5.26 Å². The molecule has 0 saturated carbocycles. The lowest BCUT2D eigenvalue weighted by atomic mass is 9.97. The molecular weight excluding hydrogens is 240 g/mol. The maximum atomic E-state index is 9.03. The van der Waals surface area contributed by atoms with Crippen LogP contribution in [-0.2, 0) is 0 Å². The van der Waals surface area contributed by atoms with Crippen molar-refractivity contribution in [3.63, 3.8) is 0 Å². The molecule has 0 radical (unpaired) electrons. The standard InChI is InChI=1S/C15H22N2O2/c1-15(12-16,17-2)10-6-7-11-19-14-9-5-4-8-13(14)18-3/h4-5,8-9,17H,6-7,10-11H2,1-3H3. The highest BCUT2D eigenvalue weighted by atomic mass is 16.5. The summed E-state index contributed by atoms with van der Waals surface area (Å²) < 4.78 is 10.9. The van der Waals surface area contributed by atoms with Crippen molar-refractivity contribution in [1.82, 2.24) is 5.32 Å². The fraction of sp³-hybridized carbons (Fsp3) is 0.533. The van der Waals surface area contributed by atoms with Crippen molar-refractivity contribution in [2.75, 3.05) is 20.8 Å². The lowest BCUT2D eigenvalue weighted by Crippen LogP contribution is -2.37. The zero-order valence-electron chi connectivity index (χ0n) is 11.9. The van der Waals surface area contributed by atoms with Gasteiger partial charge in [0.15, 0.2) is 11.5 Å². The molecule has 1 unspecified atom stereocenters. The minimum absolute atomic E-state index is 0.440. The summed E-state index contributed by atoms with van der Waals surface area (Å²) in [5.41, 5.74) is -0.440. The zero-order chi connectivity index (χ0) is 14.1. The highest BCUT2D eigenvalue weighted by Crippen LogP contribution is 2.26. The predicted molar refractivity (Wildman–Crippen MR) is 75.4 cm³/mol. The summed E-state index contributed by atoms with van der Waals surface area (Å²) in [6.07, 6.45) is 2.67. The van der Waals surface area contributed by atoms with Crippen LogP contribution < -0.4 is 14.8 Å². The summed E-state index contributed by atoms with van der Waals surface area (Å²) in [7, 11) is 3.45. The van der Waals surface area contributed by atoms with Crippen LogP contribution in [-0.4, -0.2) is 26.3 Å². The molecule has 1 N–H and O–H groups in total. The van der Waals surface area contributed by atoms with Crippen molar-refractivity contribution in [3.8, 4) is 17.6 Å². The van der Waals surface area contributed by atoms with Gasteiger partial charge in [-0.05, 0) is 45.4 Å². The van der Waals surface area contributed by atoms with Crippen molar-refractivity contribution in [2.24, 2.45) is 0 Å². The van der Waals surface area contributed by atoms with Crippen molar-refractivity contribution in [2.45, 2.75) is 31.7 Å². The first-order valence-corrected chi connectivity index (χ1v) is 6.51. The number of hydrogen-bond acceptors (Lipinski definition) is 4. The number of hydrogen-bond donors (Lipinski definition) is 1. The molecule has 0 aliphatic heterocycles. The number of para-hydroxylation sites is 2. The van der Waals surface area contributed by atoms with Crippen LogP contribution in [0.3, 0.4) is 0 Å². The van der Waals surface area contributed by atoms with E-state index in [-0.39, 0.29) is 0 Å². The molecule has 0 aromatic heterocycles. The molecule has 0 aliphatic carbocycles. The quantitative estimate of drug-likeness (QED) is 0.732. The third-order valence-corrected chi connectivity index (χ3v) is 3.20. The van der Waals surface area contributed by atoms with Crippen molar-refractivity contribution >= 4 is 0 Å². The average Bonchev–Trinajstić information content (AvgIpc) is 2.47. The van der Waals surface area contributed by atoms with Crippen LogP contribution in [0.5, 0.6) is 11.5 Å². The van der Waals surface area contributed by atoms with Gasteiger partial charge in [0.2, 0.25) is 0 Å². The third kappa shape index (κ3) is 4.80. The minimum atomic E-state index is -0.440. The molecule has 0 bridgehead atoms. The van der Waals surface area contributed by atoms with Crippen molar-refractivity contribution < 1.29 is 9.47 Å². The lowest BCUT2D eigenvalue weighted by Gasteiger charge is -2.20. The number of nitrogens with one attached hydrogen (secondary N) is 1. The molecule has 0 amide bonds. The fourth-order valence-corrected chi connectivity index (χ4v) is 1.74. The largest absolute Gasteiger partial charge is 0.493 e. The Morgan fingerprint density at radius 1 is 1.26 bits per heavy atom. The second-order valence-corrected chi connectivity index (χ2v) is 4.65. The summed E-state index contributed by atoms with van der Waals surface area (Å²) in [5, 5.41) is 12.1. The molecule has 0 heterocycles. The summed E-state index contributed by atoms with van der Waals surface area (Å²) in [6.45, 7) is 2.54. The molecule has 4 nitrogen and oxygen atoms in total. The third-order valence-electron chi connectivity index (χ3n) is 3.20. The molecule has 4 heteroatoms. The number of nitriles is 1. The molecule has 0 fully saturated rings. The molecule has 19 heavy (non-hydrogen) atoms. The monoisotopic (exact) mass is 262 g/mol. The second kappa shape index (κ2) is 7.65. The van der Waals surface area contributed by atoms with Gasteiger partial charge in [-0.25, -0.2) is 0 Å².